The van der Waals surface area contributed by atoms with Gasteiger partial charge in [0.1, 0.15) is 33.8 Å². The van der Waals surface area contributed by atoms with Crippen molar-refractivity contribution in [1.29, 1.82) is 0 Å². The van der Waals surface area contributed by atoms with Gasteiger partial charge in [0, 0.05) is 22.9 Å². The van der Waals surface area contributed by atoms with Crippen molar-refractivity contribution >= 4 is 33.5 Å². The lowest BCUT2D eigenvalue weighted by atomic mass is 10.0. The summed E-state index contributed by atoms with van der Waals surface area (Å²) in [4.78, 5) is 49.9. The predicted octanol–water partition coefficient (Wildman–Crippen LogP) is 2.98. The van der Waals surface area contributed by atoms with Crippen LogP contribution >= 0.6 is 0 Å². The molecular formula is C22H14O8. The van der Waals surface area contributed by atoms with Crippen LogP contribution in [0.5, 0.6) is 11.5 Å². The lowest BCUT2D eigenvalue weighted by Crippen LogP contribution is -2.26. The van der Waals surface area contributed by atoms with E-state index in [4.69, 9.17) is 18.3 Å². The number of hydrogen-bond acceptors (Lipinski definition) is 8. The summed E-state index contributed by atoms with van der Waals surface area (Å²) in [5.41, 5.74) is -2.56. The van der Waals surface area contributed by atoms with Gasteiger partial charge in [-0.1, -0.05) is 0 Å². The summed E-state index contributed by atoms with van der Waals surface area (Å²) in [6.45, 7) is 0. The molecule has 2 heterocycles. The Hall–Kier alpha value is -4.20. The number of ketones is 2. The van der Waals surface area contributed by atoms with Crippen molar-refractivity contribution in [3.63, 3.8) is 0 Å². The van der Waals surface area contributed by atoms with Gasteiger partial charge in [0.15, 0.2) is 0 Å². The number of carbonyl (C=O) groups is 2. The van der Waals surface area contributed by atoms with Crippen molar-refractivity contribution in [2.75, 3.05) is 14.2 Å². The summed E-state index contributed by atoms with van der Waals surface area (Å²) in [5.74, 6) is -1.40. The minimum Gasteiger partial charge on any atom is -0.497 e. The number of ether oxygens (including phenoxy) is 2. The van der Waals surface area contributed by atoms with Crippen LogP contribution in [0, 0.1) is 0 Å². The summed E-state index contributed by atoms with van der Waals surface area (Å²) in [6.07, 6.45) is 0. The molecule has 30 heavy (non-hydrogen) atoms. The Bertz CT molecular complexity index is 1330. The standard InChI is InChI=1S/C22H14O8/c1-27-13-5-3-11-7-15(21(25)29-17(11)9-13)19(23)20(24)16-8-12-4-6-14(28-2)10-18(12)30-22(16)26/h3-10H,1-2H3. The number of hydrogen-bond donors (Lipinski definition) is 0. The van der Waals surface area contributed by atoms with E-state index in [2.05, 4.69) is 0 Å². The van der Waals surface area contributed by atoms with Crippen molar-refractivity contribution in [1.82, 2.24) is 0 Å². The average molecular weight is 406 g/mol. The molecule has 0 unspecified atom stereocenters. The van der Waals surface area contributed by atoms with Gasteiger partial charge in [-0.3, -0.25) is 9.59 Å². The fourth-order valence-electron chi connectivity index (χ4n) is 3.00. The molecule has 0 atom stereocenters. The van der Waals surface area contributed by atoms with Gasteiger partial charge in [-0.2, -0.15) is 0 Å². The van der Waals surface area contributed by atoms with E-state index < -0.39 is 33.9 Å². The first kappa shape index (κ1) is 19.1. The fraction of sp³-hybridized carbons (Fsp3) is 0.0909. The Labute approximate surface area is 168 Å². The third kappa shape index (κ3) is 3.24. The Morgan fingerprint density at radius 1 is 0.667 bits per heavy atom. The molecule has 2 aromatic carbocycles. The molecule has 2 aromatic heterocycles. The van der Waals surface area contributed by atoms with E-state index in [1.165, 1.54) is 38.5 Å². The minimum atomic E-state index is -1.17. The van der Waals surface area contributed by atoms with E-state index in [1.54, 1.807) is 24.3 Å². The predicted molar refractivity (Wildman–Crippen MR) is 107 cm³/mol. The lowest BCUT2D eigenvalue weighted by molar-refractivity contribution is 0.0812. The summed E-state index contributed by atoms with van der Waals surface area (Å²) in [6, 6.07) is 11.8. The Balaban J connectivity index is 1.77. The van der Waals surface area contributed by atoms with Gasteiger partial charge in [-0.15, -0.1) is 0 Å². The van der Waals surface area contributed by atoms with Crippen LogP contribution in [0.15, 0.2) is 67.0 Å². The first-order valence-corrected chi connectivity index (χ1v) is 8.74. The second-order valence-electron chi connectivity index (χ2n) is 6.36. The van der Waals surface area contributed by atoms with Gasteiger partial charge in [-0.25, -0.2) is 9.59 Å². The maximum atomic E-state index is 12.7. The number of fused-ring (bicyclic) bond motifs is 2. The molecule has 0 aliphatic heterocycles. The third-order valence-electron chi connectivity index (χ3n) is 4.58. The Kier molecular flexibility index (Phi) is 4.67. The second-order valence-corrected chi connectivity index (χ2v) is 6.36. The van der Waals surface area contributed by atoms with Crippen LogP contribution in [-0.2, 0) is 0 Å². The molecule has 0 fully saturated rings. The number of carbonyl (C=O) groups excluding carboxylic acids is 2. The van der Waals surface area contributed by atoms with Crippen molar-refractivity contribution in [2.45, 2.75) is 0 Å². The van der Waals surface area contributed by atoms with E-state index >= 15 is 0 Å². The monoisotopic (exact) mass is 406 g/mol. The smallest absolute Gasteiger partial charge is 0.347 e. The molecule has 4 aromatic rings. The van der Waals surface area contributed by atoms with Gasteiger partial charge in [0.05, 0.1) is 14.2 Å². The molecule has 150 valence electrons. The maximum absolute atomic E-state index is 12.7. The summed E-state index contributed by atoms with van der Waals surface area (Å²) in [7, 11) is 2.92. The van der Waals surface area contributed by atoms with Gasteiger partial charge >= 0.3 is 11.3 Å². The zero-order valence-electron chi connectivity index (χ0n) is 15.9. The molecule has 0 radical (unpaired) electrons. The SMILES string of the molecule is COc1ccc2cc(C(=O)C(=O)c3cc4ccc(OC)cc4oc3=O)c(=O)oc2c1. The van der Waals surface area contributed by atoms with Crippen LogP contribution in [0.2, 0.25) is 0 Å². The molecule has 8 nitrogen and oxygen atoms in total. The molecule has 0 amide bonds. The average Bonchev–Trinajstić information content (AvgIpc) is 2.76. The molecule has 0 N–H and O–H groups in total. The molecule has 0 spiro atoms. The van der Waals surface area contributed by atoms with Gasteiger partial charge in [-0.05, 0) is 36.4 Å². The molecule has 4 rings (SSSR count). The maximum Gasteiger partial charge on any atom is 0.347 e. The number of benzene rings is 2. The Morgan fingerprint density at radius 3 is 1.43 bits per heavy atom. The topological polar surface area (TPSA) is 113 Å². The fourth-order valence-corrected chi connectivity index (χ4v) is 3.00. The van der Waals surface area contributed by atoms with Crippen molar-refractivity contribution in [3.05, 3.63) is 80.5 Å². The van der Waals surface area contributed by atoms with Crippen LogP contribution in [0.4, 0.5) is 0 Å². The van der Waals surface area contributed by atoms with Crippen LogP contribution in [-0.4, -0.2) is 25.8 Å². The first-order chi connectivity index (χ1) is 14.4. The molecule has 0 saturated heterocycles. The second kappa shape index (κ2) is 7.32. The third-order valence-corrected chi connectivity index (χ3v) is 4.58. The lowest BCUT2D eigenvalue weighted by Gasteiger charge is -2.05. The van der Waals surface area contributed by atoms with E-state index in [1.807, 2.05) is 0 Å². The number of methoxy groups -OCH3 is 2. The quantitative estimate of drug-likeness (QED) is 0.282. The summed E-state index contributed by atoms with van der Waals surface area (Å²) in [5, 5.41) is 0.841. The Morgan fingerprint density at radius 2 is 1.07 bits per heavy atom. The van der Waals surface area contributed by atoms with E-state index in [-0.39, 0.29) is 11.2 Å². The van der Waals surface area contributed by atoms with Gasteiger partial charge < -0.3 is 18.3 Å². The minimum absolute atomic E-state index is 0.197. The molecule has 0 aliphatic carbocycles. The van der Waals surface area contributed by atoms with Crippen LogP contribution < -0.4 is 20.7 Å². The number of Topliss-reactive ketones (excluding diaryl/α,β-unsaturated/α-hetero) is 2. The highest BCUT2D eigenvalue weighted by atomic mass is 16.5. The number of rotatable bonds is 5. The highest BCUT2D eigenvalue weighted by Crippen LogP contribution is 2.22. The summed E-state index contributed by atoms with van der Waals surface area (Å²) < 4.78 is 20.4. The van der Waals surface area contributed by atoms with Crippen molar-refractivity contribution < 1.29 is 27.9 Å². The van der Waals surface area contributed by atoms with Crippen LogP contribution in [0.3, 0.4) is 0 Å². The van der Waals surface area contributed by atoms with Gasteiger partial charge in [0.2, 0.25) is 11.6 Å². The molecule has 0 saturated carbocycles. The summed E-state index contributed by atoms with van der Waals surface area (Å²) >= 11 is 0. The normalized spacial score (nSPS) is 10.9. The molecule has 0 aliphatic rings. The van der Waals surface area contributed by atoms with Crippen LogP contribution in [0.1, 0.15) is 20.7 Å². The highest BCUT2D eigenvalue weighted by Gasteiger charge is 2.26. The van der Waals surface area contributed by atoms with E-state index in [9.17, 15) is 19.2 Å². The zero-order chi connectivity index (χ0) is 21.4. The largest absolute Gasteiger partial charge is 0.497 e. The zero-order valence-corrected chi connectivity index (χ0v) is 15.9. The first-order valence-electron chi connectivity index (χ1n) is 8.74. The van der Waals surface area contributed by atoms with Crippen LogP contribution in [0.25, 0.3) is 21.9 Å². The van der Waals surface area contributed by atoms with E-state index in [0.717, 1.165) is 0 Å². The van der Waals surface area contributed by atoms with E-state index in [0.29, 0.717) is 22.3 Å². The highest BCUT2D eigenvalue weighted by molar-refractivity contribution is 6.49. The molecular weight excluding hydrogens is 392 g/mol. The van der Waals surface area contributed by atoms with Crippen molar-refractivity contribution in [2.24, 2.45) is 0 Å². The molecule has 0 bridgehead atoms. The molecule has 8 heteroatoms. The van der Waals surface area contributed by atoms with Crippen molar-refractivity contribution in [3.8, 4) is 11.5 Å². The van der Waals surface area contributed by atoms with Gasteiger partial charge in [0.25, 0.3) is 0 Å².